The van der Waals surface area contributed by atoms with Gasteiger partial charge in [0, 0.05) is 6.42 Å². The van der Waals surface area contributed by atoms with E-state index >= 15 is 0 Å². The average molecular weight is 236 g/mol. The second kappa shape index (κ2) is 4.00. The molecular weight excluding hydrogens is 216 g/mol. The lowest BCUT2D eigenvalue weighted by Crippen LogP contribution is -2.47. The highest BCUT2D eigenvalue weighted by atomic mass is 16.4. The Morgan fingerprint density at radius 1 is 1.06 bits per heavy atom. The second-order valence-corrected chi connectivity index (χ2v) is 6.43. The molecule has 4 aliphatic rings. The van der Waals surface area contributed by atoms with E-state index in [1.54, 1.807) is 0 Å². The Morgan fingerprint density at radius 3 is 2.00 bits per heavy atom. The van der Waals surface area contributed by atoms with Gasteiger partial charge in [-0.25, -0.2) is 0 Å². The predicted molar refractivity (Wildman–Crippen MR) is 64.7 cm³/mol. The Morgan fingerprint density at radius 2 is 1.59 bits per heavy atom. The fourth-order valence-electron chi connectivity index (χ4n) is 5.06. The molecule has 0 aliphatic heterocycles. The lowest BCUT2D eigenvalue weighted by Gasteiger charge is -2.56. The van der Waals surface area contributed by atoms with Crippen molar-refractivity contribution in [2.24, 2.45) is 33.5 Å². The molecule has 0 heterocycles. The molecule has 0 aromatic heterocycles. The van der Waals surface area contributed by atoms with Crippen LogP contribution in [0.2, 0.25) is 0 Å². The van der Waals surface area contributed by atoms with Crippen LogP contribution in [0.4, 0.5) is 0 Å². The van der Waals surface area contributed by atoms with E-state index < -0.39 is 0 Å². The van der Waals surface area contributed by atoms with Crippen molar-refractivity contribution in [2.75, 3.05) is 0 Å². The van der Waals surface area contributed by atoms with Crippen LogP contribution in [-0.4, -0.2) is 22.3 Å². The number of hydrogen-bond acceptors (Lipinski definition) is 4. The van der Waals surface area contributed by atoms with Gasteiger partial charge in [0.05, 0.1) is 6.21 Å². The van der Waals surface area contributed by atoms with Crippen LogP contribution < -0.4 is 0 Å². The first-order valence-electron chi connectivity index (χ1n) is 6.61. The van der Waals surface area contributed by atoms with Gasteiger partial charge in [-0.3, -0.25) is 0 Å². The van der Waals surface area contributed by atoms with Crippen molar-refractivity contribution in [1.29, 1.82) is 0 Å². The molecule has 17 heavy (non-hydrogen) atoms. The molecule has 94 valence electrons. The summed E-state index contributed by atoms with van der Waals surface area (Å²) in [5.41, 5.74) is 0.853. The number of oxime groups is 2. The number of nitrogens with zero attached hydrogens (tertiary/aromatic N) is 2. The van der Waals surface area contributed by atoms with Crippen molar-refractivity contribution in [1.82, 2.24) is 0 Å². The zero-order valence-corrected chi connectivity index (χ0v) is 10.0. The first-order valence-corrected chi connectivity index (χ1v) is 6.61. The maximum Gasteiger partial charge on any atom is 0.102 e. The molecule has 4 nitrogen and oxygen atoms in total. The molecule has 0 unspecified atom stereocenters. The minimum absolute atomic E-state index is 0.331. The maximum absolute atomic E-state index is 8.94. The highest BCUT2D eigenvalue weighted by molar-refractivity contribution is 6.30. The van der Waals surface area contributed by atoms with Gasteiger partial charge in [0.25, 0.3) is 0 Å². The van der Waals surface area contributed by atoms with E-state index in [-0.39, 0.29) is 0 Å². The van der Waals surface area contributed by atoms with Gasteiger partial charge in [-0.1, -0.05) is 10.3 Å². The largest absolute Gasteiger partial charge is 0.411 e. The number of hydrogen-bond donors (Lipinski definition) is 2. The molecular formula is C13H20N2O2. The molecule has 4 bridgehead atoms. The summed E-state index contributed by atoms with van der Waals surface area (Å²) >= 11 is 0. The van der Waals surface area contributed by atoms with E-state index in [4.69, 9.17) is 10.4 Å². The van der Waals surface area contributed by atoms with Crippen LogP contribution >= 0.6 is 0 Å². The lowest BCUT2D eigenvalue weighted by molar-refractivity contribution is -0.0481. The van der Waals surface area contributed by atoms with Crippen molar-refractivity contribution in [2.45, 2.75) is 44.9 Å². The maximum atomic E-state index is 8.94. The third-order valence-electron chi connectivity index (χ3n) is 5.06. The Hall–Kier alpha value is -1.06. The van der Waals surface area contributed by atoms with E-state index in [0.717, 1.165) is 24.2 Å². The minimum Gasteiger partial charge on any atom is -0.411 e. The van der Waals surface area contributed by atoms with Gasteiger partial charge in [0.2, 0.25) is 0 Å². The Bertz CT molecular complexity index is 327. The van der Waals surface area contributed by atoms with Gasteiger partial charge >= 0.3 is 0 Å². The van der Waals surface area contributed by atoms with Crippen molar-refractivity contribution >= 4 is 11.9 Å². The van der Waals surface area contributed by atoms with Gasteiger partial charge in [-0.15, -0.1) is 0 Å². The summed E-state index contributed by atoms with van der Waals surface area (Å²) in [7, 11) is 0. The summed E-state index contributed by atoms with van der Waals surface area (Å²) in [5, 5.41) is 23.8. The van der Waals surface area contributed by atoms with Crippen molar-refractivity contribution < 1.29 is 10.4 Å². The molecule has 4 heteroatoms. The van der Waals surface area contributed by atoms with Crippen molar-refractivity contribution in [3.8, 4) is 0 Å². The summed E-state index contributed by atoms with van der Waals surface area (Å²) in [4.78, 5) is 0. The Labute approximate surface area is 101 Å². The molecule has 0 radical (unpaired) electrons. The normalized spacial score (nSPS) is 44.7. The molecule has 0 saturated heterocycles. The molecule has 0 spiro atoms. The summed E-state index contributed by atoms with van der Waals surface area (Å²) < 4.78 is 0. The molecule has 4 aliphatic carbocycles. The third-order valence-corrected chi connectivity index (χ3v) is 5.06. The molecule has 0 aromatic carbocycles. The van der Waals surface area contributed by atoms with Crippen LogP contribution in [0.25, 0.3) is 0 Å². The van der Waals surface area contributed by atoms with E-state index in [2.05, 4.69) is 10.3 Å². The van der Waals surface area contributed by atoms with Gasteiger partial charge in [0.15, 0.2) is 0 Å². The summed E-state index contributed by atoms with van der Waals surface area (Å²) in [6.45, 7) is 0. The Kier molecular flexibility index (Phi) is 2.60. The topological polar surface area (TPSA) is 65.2 Å². The van der Waals surface area contributed by atoms with Crippen LogP contribution in [0.1, 0.15) is 44.9 Å². The molecule has 4 saturated carbocycles. The summed E-state index contributed by atoms with van der Waals surface area (Å²) in [5.74, 6) is 2.69. The Balaban J connectivity index is 1.78. The van der Waals surface area contributed by atoms with Gasteiger partial charge in [0.1, 0.15) is 5.71 Å². The quantitative estimate of drug-likeness (QED) is 0.449. The molecule has 4 fully saturated rings. The predicted octanol–water partition coefficient (Wildman–Crippen LogP) is 2.88. The third kappa shape index (κ3) is 1.94. The molecule has 2 N–H and O–H groups in total. The van der Waals surface area contributed by atoms with Crippen LogP contribution in [0, 0.1) is 23.2 Å². The fraction of sp³-hybridized carbons (Fsp3) is 0.846. The van der Waals surface area contributed by atoms with Crippen LogP contribution in [0.5, 0.6) is 0 Å². The zero-order valence-electron chi connectivity index (χ0n) is 10.0. The summed E-state index contributed by atoms with van der Waals surface area (Å²) in [6, 6.07) is 0. The highest BCUT2D eigenvalue weighted by Crippen LogP contribution is 2.61. The van der Waals surface area contributed by atoms with E-state index in [0.29, 0.717) is 11.1 Å². The first kappa shape index (κ1) is 11.1. The van der Waals surface area contributed by atoms with Crippen molar-refractivity contribution in [3.05, 3.63) is 0 Å². The SMILES string of the molecule is O/N=C(\C=N\O)CC12CC3CC(CC(C3)C1)C2. The monoisotopic (exact) mass is 236 g/mol. The lowest BCUT2D eigenvalue weighted by atomic mass is 9.48. The van der Waals surface area contributed by atoms with Gasteiger partial charge in [-0.2, -0.15) is 0 Å². The summed E-state index contributed by atoms with van der Waals surface area (Å²) in [6.07, 6.45) is 10.1. The van der Waals surface area contributed by atoms with Crippen molar-refractivity contribution in [3.63, 3.8) is 0 Å². The molecule has 0 amide bonds. The van der Waals surface area contributed by atoms with E-state index in [9.17, 15) is 0 Å². The second-order valence-electron chi connectivity index (χ2n) is 6.43. The van der Waals surface area contributed by atoms with E-state index in [1.165, 1.54) is 44.7 Å². The van der Waals surface area contributed by atoms with Crippen LogP contribution in [0.15, 0.2) is 10.3 Å². The van der Waals surface area contributed by atoms with E-state index in [1.807, 2.05) is 0 Å². The standard InChI is InChI=1S/C13H20N2O2/c16-14-8-12(15-17)7-13-4-9-1-10(5-13)3-11(2-9)6-13/h8-11,16-17H,1-7H2/b14-8+,15-12-. The molecule has 0 aromatic rings. The molecule has 4 rings (SSSR count). The van der Waals surface area contributed by atoms with Crippen LogP contribution in [0.3, 0.4) is 0 Å². The first-order chi connectivity index (χ1) is 8.23. The van der Waals surface area contributed by atoms with Crippen LogP contribution in [-0.2, 0) is 0 Å². The zero-order chi connectivity index (χ0) is 11.9. The average Bonchev–Trinajstić information content (AvgIpc) is 2.26. The van der Waals surface area contributed by atoms with Gasteiger partial charge in [-0.05, 0) is 61.7 Å². The smallest absolute Gasteiger partial charge is 0.102 e. The fourth-order valence-corrected chi connectivity index (χ4v) is 5.06. The number of rotatable bonds is 3. The minimum atomic E-state index is 0.331. The van der Waals surface area contributed by atoms with Gasteiger partial charge < -0.3 is 10.4 Å². The highest BCUT2D eigenvalue weighted by Gasteiger charge is 2.50. The molecule has 0 atom stereocenters.